The van der Waals surface area contributed by atoms with Gasteiger partial charge >= 0.3 is 0 Å². The standard InChI is InChI=1S/C11H9ClN6S/c12-9-2-1-8(18-7-15-16-17-18)5-10(9)14-6-11-13-3-4-19-11/h1-5,7,14H,6H2. The summed E-state index contributed by atoms with van der Waals surface area (Å²) in [6.45, 7) is 0.635. The van der Waals surface area contributed by atoms with Crippen LogP contribution in [-0.2, 0) is 6.54 Å². The van der Waals surface area contributed by atoms with Crippen LogP contribution in [0.5, 0.6) is 0 Å². The molecule has 0 saturated carbocycles. The van der Waals surface area contributed by atoms with Gasteiger partial charge in [0, 0.05) is 11.6 Å². The Bertz CT molecular complexity index is 652. The monoisotopic (exact) mass is 292 g/mol. The third-order valence-electron chi connectivity index (χ3n) is 2.48. The van der Waals surface area contributed by atoms with Crippen LogP contribution in [0.4, 0.5) is 5.69 Å². The van der Waals surface area contributed by atoms with Crippen LogP contribution >= 0.6 is 22.9 Å². The van der Waals surface area contributed by atoms with E-state index in [1.54, 1.807) is 22.2 Å². The number of nitrogens with zero attached hydrogens (tertiary/aromatic N) is 5. The van der Waals surface area contributed by atoms with E-state index >= 15 is 0 Å². The maximum Gasteiger partial charge on any atom is 0.143 e. The average Bonchev–Trinajstić information content (AvgIpc) is 3.11. The van der Waals surface area contributed by atoms with Crippen LogP contribution in [0, 0.1) is 0 Å². The van der Waals surface area contributed by atoms with Crippen molar-refractivity contribution in [1.29, 1.82) is 0 Å². The van der Waals surface area contributed by atoms with Gasteiger partial charge in [0.25, 0.3) is 0 Å². The van der Waals surface area contributed by atoms with E-state index in [2.05, 4.69) is 25.8 Å². The smallest absolute Gasteiger partial charge is 0.143 e. The van der Waals surface area contributed by atoms with Gasteiger partial charge < -0.3 is 5.32 Å². The molecule has 3 aromatic rings. The number of nitrogens with one attached hydrogen (secondary N) is 1. The lowest BCUT2D eigenvalue weighted by atomic mass is 10.2. The van der Waals surface area contributed by atoms with E-state index < -0.39 is 0 Å². The predicted molar refractivity (Wildman–Crippen MR) is 73.6 cm³/mol. The van der Waals surface area contributed by atoms with Crippen molar-refractivity contribution in [3.63, 3.8) is 0 Å². The number of benzene rings is 1. The Labute approximate surface area is 118 Å². The molecule has 0 aliphatic carbocycles. The lowest BCUT2D eigenvalue weighted by molar-refractivity contribution is 0.789. The fourth-order valence-corrected chi connectivity index (χ4v) is 2.32. The highest BCUT2D eigenvalue weighted by Gasteiger charge is 2.05. The SMILES string of the molecule is Clc1ccc(-n2cnnn2)cc1NCc1nccs1. The van der Waals surface area contributed by atoms with Crippen LogP contribution in [0.3, 0.4) is 0 Å². The first kappa shape index (κ1) is 12.1. The number of anilines is 1. The van der Waals surface area contributed by atoms with E-state index in [4.69, 9.17) is 11.6 Å². The molecule has 19 heavy (non-hydrogen) atoms. The summed E-state index contributed by atoms with van der Waals surface area (Å²) in [5.41, 5.74) is 1.67. The van der Waals surface area contributed by atoms with Gasteiger partial charge in [-0.3, -0.25) is 0 Å². The number of thiazole rings is 1. The molecule has 0 amide bonds. The van der Waals surface area contributed by atoms with Crippen molar-refractivity contribution in [2.45, 2.75) is 6.54 Å². The molecule has 0 bridgehead atoms. The Morgan fingerprint density at radius 2 is 2.32 bits per heavy atom. The molecule has 0 aliphatic rings. The highest BCUT2D eigenvalue weighted by molar-refractivity contribution is 7.09. The summed E-state index contributed by atoms with van der Waals surface area (Å²) in [6, 6.07) is 5.56. The molecule has 0 spiro atoms. The van der Waals surface area contributed by atoms with Crippen LogP contribution in [0.2, 0.25) is 5.02 Å². The third kappa shape index (κ3) is 2.72. The number of tetrazole rings is 1. The number of hydrogen-bond acceptors (Lipinski definition) is 6. The van der Waals surface area contributed by atoms with Gasteiger partial charge in [0.05, 0.1) is 22.9 Å². The average molecular weight is 293 g/mol. The Morgan fingerprint density at radius 1 is 1.37 bits per heavy atom. The van der Waals surface area contributed by atoms with E-state index in [-0.39, 0.29) is 0 Å². The summed E-state index contributed by atoms with van der Waals surface area (Å²) in [6.07, 6.45) is 3.31. The number of rotatable bonds is 4. The van der Waals surface area contributed by atoms with E-state index in [0.29, 0.717) is 11.6 Å². The molecular formula is C11H9ClN6S. The minimum Gasteiger partial charge on any atom is -0.377 e. The van der Waals surface area contributed by atoms with Crippen LogP contribution < -0.4 is 5.32 Å². The second kappa shape index (κ2) is 5.33. The highest BCUT2D eigenvalue weighted by atomic mass is 35.5. The fraction of sp³-hybridized carbons (Fsp3) is 0.0909. The maximum absolute atomic E-state index is 6.16. The molecule has 2 heterocycles. The first-order chi connectivity index (χ1) is 9.33. The topological polar surface area (TPSA) is 68.5 Å². The molecule has 0 aliphatic heterocycles. The highest BCUT2D eigenvalue weighted by Crippen LogP contribution is 2.25. The second-order valence-electron chi connectivity index (χ2n) is 3.70. The van der Waals surface area contributed by atoms with Gasteiger partial charge in [0.15, 0.2) is 0 Å². The molecule has 0 saturated heterocycles. The van der Waals surface area contributed by atoms with Gasteiger partial charge in [0.1, 0.15) is 11.3 Å². The molecule has 0 fully saturated rings. The van der Waals surface area contributed by atoms with Crippen molar-refractivity contribution in [3.8, 4) is 5.69 Å². The molecule has 1 aromatic carbocycles. The molecular weight excluding hydrogens is 284 g/mol. The van der Waals surface area contributed by atoms with Gasteiger partial charge in [-0.1, -0.05) is 11.6 Å². The molecule has 6 nitrogen and oxygen atoms in total. The van der Waals surface area contributed by atoms with Gasteiger partial charge in [-0.2, -0.15) is 0 Å². The summed E-state index contributed by atoms with van der Waals surface area (Å²) >= 11 is 7.75. The van der Waals surface area contributed by atoms with Crippen LogP contribution in [0.1, 0.15) is 5.01 Å². The van der Waals surface area contributed by atoms with Crippen LogP contribution in [-0.4, -0.2) is 25.2 Å². The Balaban J connectivity index is 1.82. The molecule has 1 N–H and O–H groups in total. The molecule has 3 rings (SSSR count). The van der Waals surface area contributed by atoms with E-state index in [0.717, 1.165) is 16.4 Å². The lowest BCUT2D eigenvalue weighted by Gasteiger charge is -2.08. The predicted octanol–water partition coefficient (Wildman–Crippen LogP) is 2.38. The largest absolute Gasteiger partial charge is 0.377 e. The zero-order valence-electron chi connectivity index (χ0n) is 9.69. The lowest BCUT2D eigenvalue weighted by Crippen LogP contribution is -2.01. The van der Waals surface area contributed by atoms with Crippen molar-refractivity contribution in [2.24, 2.45) is 0 Å². The summed E-state index contributed by atoms with van der Waals surface area (Å²) in [4.78, 5) is 4.21. The summed E-state index contributed by atoms with van der Waals surface area (Å²) in [5, 5.41) is 17.9. The molecule has 0 atom stereocenters. The maximum atomic E-state index is 6.16. The van der Waals surface area contributed by atoms with Crippen molar-refractivity contribution in [1.82, 2.24) is 25.2 Å². The fourth-order valence-electron chi connectivity index (χ4n) is 1.58. The summed E-state index contributed by atoms with van der Waals surface area (Å²) in [7, 11) is 0. The second-order valence-corrected chi connectivity index (χ2v) is 5.08. The van der Waals surface area contributed by atoms with Gasteiger partial charge in [0.2, 0.25) is 0 Å². The van der Waals surface area contributed by atoms with Crippen molar-refractivity contribution in [3.05, 3.63) is 46.1 Å². The minimum atomic E-state index is 0.635. The summed E-state index contributed by atoms with van der Waals surface area (Å²) < 4.78 is 1.57. The quantitative estimate of drug-likeness (QED) is 0.799. The van der Waals surface area contributed by atoms with Gasteiger partial charge in [-0.25, -0.2) is 9.67 Å². The minimum absolute atomic E-state index is 0.635. The van der Waals surface area contributed by atoms with Crippen LogP contribution in [0.15, 0.2) is 36.1 Å². The zero-order valence-corrected chi connectivity index (χ0v) is 11.3. The molecule has 0 unspecified atom stereocenters. The van der Waals surface area contributed by atoms with Crippen LogP contribution in [0.25, 0.3) is 5.69 Å². The first-order valence-electron chi connectivity index (χ1n) is 5.48. The Morgan fingerprint density at radius 3 is 3.05 bits per heavy atom. The Kier molecular flexibility index (Phi) is 3.39. The number of halogens is 1. The zero-order chi connectivity index (χ0) is 13.1. The normalized spacial score (nSPS) is 10.6. The molecule has 0 radical (unpaired) electrons. The number of hydrogen-bond donors (Lipinski definition) is 1. The van der Waals surface area contributed by atoms with Gasteiger partial charge in [-0.05, 0) is 28.6 Å². The van der Waals surface area contributed by atoms with Gasteiger partial charge in [-0.15, -0.1) is 16.4 Å². The summed E-state index contributed by atoms with van der Waals surface area (Å²) in [5.74, 6) is 0. The van der Waals surface area contributed by atoms with E-state index in [9.17, 15) is 0 Å². The molecule has 8 heteroatoms. The first-order valence-corrected chi connectivity index (χ1v) is 6.74. The third-order valence-corrected chi connectivity index (χ3v) is 3.59. The Hall–Kier alpha value is -1.99. The van der Waals surface area contributed by atoms with E-state index in [1.165, 1.54) is 6.33 Å². The van der Waals surface area contributed by atoms with Crippen molar-refractivity contribution < 1.29 is 0 Å². The number of aromatic nitrogens is 5. The van der Waals surface area contributed by atoms with Crippen molar-refractivity contribution >= 4 is 28.6 Å². The molecule has 2 aromatic heterocycles. The van der Waals surface area contributed by atoms with Crippen molar-refractivity contribution in [2.75, 3.05) is 5.32 Å². The molecule has 96 valence electrons. The van der Waals surface area contributed by atoms with E-state index in [1.807, 2.05) is 23.6 Å².